The van der Waals surface area contributed by atoms with E-state index in [1.807, 2.05) is 30.3 Å². The summed E-state index contributed by atoms with van der Waals surface area (Å²) in [5.41, 5.74) is 2.22. The van der Waals surface area contributed by atoms with Gasteiger partial charge in [0.15, 0.2) is 0 Å². The Hall–Kier alpha value is -3.15. The first-order valence-electron chi connectivity index (χ1n) is 7.91. The van der Waals surface area contributed by atoms with Crippen molar-refractivity contribution in [2.45, 2.75) is 20.4 Å². The number of hydrogen-bond donors (Lipinski definition) is 2. The van der Waals surface area contributed by atoms with Crippen LogP contribution in [-0.4, -0.2) is 29.2 Å². The van der Waals surface area contributed by atoms with Gasteiger partial charge in [-0.2, -0.15) is 0 Å². The number of rotatable bonds is 6. The van der Waals surface area contributed by atoms with E-state index in [0.29, 0.717) is 17.9 Å². The molecule has 0 bridgehead atoms. The molecule has 0 aromatic heterocycles. The molecular formula is C19H21N3O3. The average molecular weight is 339 g/mol. The van der Waals surface area contributed by atoms with Gasteiger partial charge < -0.3 is 15.5 Å². The van der Waals surface area contributed by atoms with Crippen LogP contribution >= 0.6 is 0 Å². The highest BCUT2D eigenvalue weighted by atomic mass is 16.2. The Balaban J connectivity index is 1.94. The Morgan fingerprint density at radius 1 is 0.840 bits per heavy atom. The summed E-state index contributed by atoms with van der Waals surface area (Å²) in [6.07, 6.45) is 0. The Kier molecular flexibility index (Phi) is 6.28. The van der Waals surface area contributed by atoms with Gasteiger partial charge in [-0.25, -0.2) is 0 Å². The van der Waals surface area contributed by atoms with E-state index in [9.17, 15) is 14.4 Å². The molecule has 0 saturated carbocycles. The van der Waals surface area contributed by atoms with Gasteiger partial charge in [-0.3, -0.25) is 14.4 Å². The predicted molar refractivity (Wildman–Crippen MR) is 96.9 cm³/mol. The zero-order chi connectivity index (χ0) is 18.2. The normalized spacial score (nSPS) is 10.0. The molecule has 0 radical (unpaired) electrons. The smallest absolute Gasteiger partial charge is 0.244 e. The zero-order valence-corrected chi connectivity index (χ0v) is 14.3. The molecule has 3 amide bonds. The minimum atomic E-state index is -0.279. The van der Waals surface area contributed by atoms with Crippen molar-refractivity contribution in [1.82, 2.24) is 4.90 Å². The third-order valence-electron chi connectivity index (χ3n) is 3.49. The number of carbonyl (C=O) groups excluding carboxylic acids is 3. The summed E-state index contributed by atoms with van der Waals surface area (Å²) in [7, 11) is 0. The maximum atomic E-state index is 12.2. The molecule has 0 unspecified atom stereocenters. The van der Waals surface area contributed by atoms with Crippen molar-refractivity contribution >= 4 is 29.1 Å². The fourth-order valence-corrected chi connectivity index (χ4v) is 2.30. The lowest BCUT2D eigenvalue weighted by Gasteiger charge is -2.20. The molecular weight excluding hydrogens is 318 g/mol. The summed E-state index contributed by atoms with van der Waals surface area (Å²) in [6, 6.07) is 16.3. The standard InChI is InChI=1S/C19H21N3O3/c1-14(23)20-17-8-10-18(11-9-17)21-19(25)13-22(15(2)24)12-16-6-4-3-5-7-16/h3-11H,12-13H2,1-2H3,(H,20,23)(H,21,25). The molecule has 0 spiro atoms. The van der Waals surface area contributed by atoms with E-state index in [1.165, 1.54) is 18.7 Å². The number of nitrogens with one attached hydrogen (secondary N) is 2. The summed E-state index contributed by atoms with van der Waals surface area (Å²) < 4.78 is 0. The summed E-state index contributed by atoms with van der Waals surface area (Å²) in [5.74, 6) is -0.604. The number of carbonyl (C=O) groups is 3. The van der Waals surface area contributed by atoms with E-state index in [2.05, 4.69) is 10.6 Å². The van der Waals surface area contributed by atoms with Crippen molar-refractivity contribution in [3.8, 4) is 0 Å². The second-order valence-corrected chi connectivity index (χ2v) is 5.67. The van der Waals surface area contributed by atoms with Crippen LogP contribution in [0.2, 0.25) is 0 Å². The highest BCUT2D eigenvalue weighted by Gasteiger charge is 2.14. The van der Waals surface area contributed by atoms with E-state index < -0.39 is 0 Å². The Labute approximate surface area is 146 Å². The van der Waals surface area contributed by atoms with Crippen LogP contribution in [0.25, 0.3) is 0 Å². The highest BCUT2D eigenvalue weighted by Crippen LogP contribution is 2.14. The number of nitrogens with zero attached hydrogens (tertiary/aromatic N) is 1. The van der Waals surface area contributed by atoms with E-state index in [0.717, 1.165) is 5.56 Å². The summed E-state index contributed by atoms with van der Waals surface area (Å²) in [4.78, 5) is 36.5. The van der Waals surface area contributed by atoms with E-state index >= 15 is 0 Å². The summed E-state index contributed by atoms with van der Waals surface area (Å²) in [6.45, 7) is 3.22. The second kappa shape index (κ2) is 8.63. The first kappa shape index (κ1) is 18.2. The fourth-order valence-electron chi connectivity index (χ4n) is 2.30. The van der Waals surface area contributed by atoms with E-state index in [-0.39, 0.29) is 24.3 Å². The van der Waals surface area contributed by atoms with Crippen LogP contribution in [0.3, 0.4) is 0 Å². The second-order valence-electron chi connectivity index (χ2n) is 5.67. The molecule has 2 rings (SSSR count). The van der Waals surface area contributed by atoms with Crippen LogP contribution in [0.15, 0.2) is 54.6 Å². The van der Waals surface area contributed by atoms with Gasteiger partial charge in [0.05, 0.1) is 0 Å². The molecule has 0 aliphatic rings. The number of hydrogen-bond acceptors (Lipinski definition) is 3. The molecule has 2 N–H and O–H groups in total. The lowest BCUT2D eigenvalue weighted by Crippen LogP contribution is -2.36. The molecule has 0 heterocycles. The van der Waals surface area contributed by atoms with Crippen LogP contribution in [-0.2, 0) is 20.9 Å². The van der Waals surface area contributed by atoms with Gasteiger partial charge in [-0.15, -0.1) is 0 Å². The molecule has 0 aliphatic carbocycles. The van der Waals surface area contributed by atoms with Gasteiger partial charge in [0, 0.05) is 31.8 Å². The predicted octanol–water partition coefficient (Wildman–Crippen LogP) is 2.63. The van der Waals surface area contributed by atoms with Gasteiger partial charge in [-0.1, -0.05) is 30.3 Å². The molecule has 6 nitrogen and oxygen atoms in total. The SMILES string of the molecule is CC(=O)Nc1ccc(NC(=O)CN(Cc2ccccc2)C(C)=O)cc1. The van der Waals surface area contributed by atoms with Crippen LogP contribution in [0.5, 0.6) is 0 Å². The van der Waals surface area contributed by atoms with Gasteiger partial charge in [-0.05, 0) is 29.8 Å². The maximum Gasteiger partial charge on any atom is 0.244 e. The zero-order valence-electron chi connectivity index (χ0n) is 14.3. The minimum absolute atomic E-state index is 0.0301. The van der Waals surface area contributed by atoms with Crippen LogP contribution < -0.4 is 10.6 Å². The van der Waals surface area contributed by atoms with E-state index in [4.69, 9.17) is 0 Å². The molecule has 6 heteroatoms. The van der Waals surface area contributed by atoms with Crippen LogP contribution in [0.4, 0.5) is 11.4 Å². The van der Waals surface area contributed by atoms with Crippen molar-refractivity contribution in [1.29, 1.82) is 0 Å². The Bertz CT molecular complexity index is 742. The monoisotopic (exact) mass is 339 g/mol. The average Bonchev–Trinajstić information content (AvgIpc) is 2.56. The molecule has 0 atom stereocenters. The number of anilines is 2. The fraction of sp³-hybridized carbons (Fsp3) is 0.211. The van der Waals surface area contributed by atoms with Crippen LogP contribution in [0.1, 0.15) is 19.4 Å². The molecule has 25 heavy (non-hydrogen) atoms. The van der Waals surface area contributed by atoms with Crippen molar-refractivity contribution in [3.05, 3.63) is 60.2 Å². The van der Waals surface area contributed by atoms with Gasteiger partial charge in [0.25, 0.3) is 0 Å². The third-order valence-corrected chi connectivity index (χ3v) is 3.49. The van der Waals surface area contributed by atoms with E-state index in [1.54, 1.807) is 24.3 Å². The van der Waals surface area contributed by atoms with Crippen molar-refractivity contribution in [3.63, 3.8) is 0 Å². The maximum absolute atomic E-state index is 12.2. The third kappa shape index (κ3) is 6.10. The van der Waals surface area contributed by atoms with Gasteiger partial charge in [0.2, 0.25) is 17.7 Å². The molecule has 130 valence electrons. The molecule has 0 aliphatic heterocycles. The molecule has 2 aromatic carbocycles. The first-order valence-corrected chi connectivity index (χ1v) is 7.91. The lowest BCUT2D eigenvalue weighted by atomic mass is 10.2. The van der Waals surface area contributed by atoms with Crippen molar-refractivity contribution in [2.24, 2.45) is 0 Å². The Morgan fingerprint density at radius 2 is 1.40 bits per heavy atom. The largest absolute Gasteiger partial charge is 0.329 e. The topological polar surface area (TPSA) is 78.5 Å². The minimum Gasteiger partial charge on any atom is -0.329 e. The quantitative estimate of drug-likeness (QED) is 0.849. The van der Waals surface area contributed by atoms with Gasteiger partial charge >= 0.3 is 0 Å². The van der Waals surface area contributed by atoms with Crippen LogP contribution in [0, 0.1) is 0 Å². The lowest BCUT2D eigenvalue weighted by molar-refractivity contribution is -0.133. The first-order chi connectivity index (χ1) is 11.9. The van der Waals surface area contributed by atoms with Gasteiger partial charge in [0.1, 0.15) is 6.54 Å². The number of amides is 3. The Morgan fingerprint density at radius 3 is 1.92 bits per heavy atom. The molecule has 0 fully saturated rings. The molecule has 2 aromatic rings. The highest BCUT2D eigenvalue weighted by molar-refractivity contribution is 5.95. The molecule has 0 saturated heterocycles. The summed E-state index contributed by atoms with van der Waals surface area (Å²) >= 11 is 0. The van der Waals surface area contributed by atoms with Crippen molar-refractivity contribution in [2.75, 3.05) is 17.2 Å². The number of benzene rings is 2. The van der Waals surface area contributed by atoms with Crippen molar-refractivity contribution < 1.29 is 14.4 Å². The summed E-state index contributed by atoms with van der Waals surface area (Å²) in [5, 5.41) is 5.40.